The van der Waals surface area contributed by atoms with Crippen LogP contribution in [0, 0.1) is 5.92 Å². The van der Waals surface area contributed by atoms with Crippen LogP contribution in [0.5, 0.6) is 0 Å². The molecular weight excluding hydrogens is 208 g/mol. The molecule has 0 spiro atoms. The van der Waals surface area contributed by atoms with Gasteiger partial charge in [-0.25, -0.2) is 0 Å². The Morgan fingerprint density at radius 2 is 2.12 bits per heavy atom. The first-order valence-corrected chi connectivity index (χ1v) is 5.78. The van der Waals surface area contributed by atoms with E-state index in [-0.39, 0.29) is 24.3 Å². The highest BCUT2D eigenvalue weighted by Crippen LogP contribution is 2.21. The molecule has 1 unspecified atom stereocenters. The molecule has 1 rings (SSSR count). The third-order valence-electron chi connectivity index (χ3n) is 2.93. The van der Waals surface area contributed by atoms with Crippen LogP contribution in [0.4, 0.5) is 0 Å². The number of amides is 1. The lowest BCUT2D eigenvalue weighted by atomic mass is 9.94. The number of carbonyl (C=O) groups excluding carboxylic acids is 1. The highest BCUT2D eigenvalue weighted by Gasteiger charge is 2.34. The van der Waals surface area contributed by atoms with E-state index in [1.807, 2.05) is 18.7 Å². The molecule has 5 heteroatoms. The fourth-order valence-electron chi connectivity index (χ4n) is 1.86. The van der Waals surface area contributed by atoms with Gasteiger partial charge in [-0.3, -0.25) is 14.5 Å². The molecule has 1 amide bonds. The van der Waals surface area contributed by atoms with E-state index in [1.54, 1.807) is 0 Å². The van der Waals surface area contributed by atoms with Crippen LogP contribution in [0.1, 0.15) is 26.7 Å². The van der Waals surface area contributed by atoms with Crippen LogP contribution in [0.2, 0.25) is 0 Å². The van der Waals surface area contributed by atoms with E-state index < -0.39 is 5.97 Å². The van der Waals surface area contributed by atoms with E-state index in [2.05, 4.69) is 5.32 Å². The third kappa shape index (κ3) is 3.48. The van der Waals surface area contributed by atoms with E-state index in [0.717, 1.165) is 6.42 Å². The van der Waals surface area contributed by atoms with Crippen LogP contribution in [-0.2, 0) is 9.59 Å². The van der Waals surface area contributed by atoms with Crippen molar-refractivity contribution in [1.82, 2.24) is 10.2 Å². The Morgan fingerprint density at radius 3 is 2.62 bits per heavy atom. The summed E-state index contributed by atoms with van der Waals surface area (Å²) in [5.41, 5.74) is 0. The third-order valence-corrected chi connectivity index (χ3v) is 2.93. The molecule has 0 aromatic heterocycles. The highest BCUT2D eigenvalue weighted by molar-refractivity contribution is 5.81. The summed E-state index contributed by atoms with van der Waals surface area (Å²) in [6.45, 7) is 6.01. The molecule has 5 nitrogen and oxygen atoms in total. The van der Waals surface area contributed by atoms with Gasteiger partial charge in [0.25, 0.3) is 0 Å². The smallest absolute Gasteiger partial charge is 0.303 e. The second kappa shape index (κ2) is 5.84. The number of rotatable bonds is 6. The number of hydrogen-bond donors (Lipinski definition) is 2. The summed E-state index contributed by atoms with van der Waals surface area (Å²) in [6.07, 6.45) is 1.14. The van der Waals surface area contributed by atoms with Crippen molar-refractivity contribution >= 4 is 11.9 Å². The van der Waals surface area contributed by atoms with Gasteiger partial charge in [-0.2, -0.15) is 0 Å². The predicted molar refractivity (Wildman–Crippen MR) is 60.1 cm³/mol. The van der Waals surface area contributed by atoms with Gasteiger partial charge in [-0.15, -0.1) is 0 Å². The monoisotopic (exact) mass is 228 g/mol. The van der Waals surface area contributed by atoms with Gasteiger partial charge >= 0.3 is 5.97 Å². The van der Waals surface area contributed by atoms with Crippen LogP contribution in [-0.4, -0.2) is 47.6 Å². The molecule has 1 fully saturated rings. The zero-order chi connectivity index (χ0) is 12.1. The zero-order valence-electron chi connectivity index (χ0n) is 9.90. The Balaban J connectivity index is 2.23. The van der Waals surface area contributed by atoms with Gasteiger partial charge in [0.15, 0.2) is 0 Å². The maximum atomic E-state index is 11.6. The Hall–Kier alpha value is -1.10. The van der Waals surface area contributed by atoms with Crippen LogP contribution < -0.4 is 5.32 Å². The molecule has 16 heavy (non-hydrogen) atoms. The maximum Gasteiger partial charge on any atom is 0.303 e. The fourth-order valence-corrected chi connectivity index (χ4v) is 1.86. The molecule has 0 aliphatic carbocycles. The fraction of sp³-hybridized carbons (Fsp3) is 0.818. The molecule has 0 bridgehead atoms. The topological polar surface area (TPSA) is 69.6 Å². The SMILES string of the molecule is CCCNC(=O)C(C)N1CC(CC(=O)O)C1. The van der Waals surface area contributed by atoms with Gasteiger partial charge < -0.3 is 10.4 Å². The quantitative estimate of drug-likeness (QED) is 0.686. The van der Waals surface area contributed by atoms with E-state index in [4.69, 9.17) is 5.11 Å². The first-order valence-electron chi connectivity index (χ1n) is 5.78. The van der Waals surface area contributed by atoms with Crippen LogP contribution in [0.15, 0.2) is 0 Å². The van der Waals surface area contributed by atoms with Crippen molar-refractivity contribution in [1.29, 1.82) is 0 Å². The molecule has 2 N–H and O–H groups in total. The van der Waals surface area contributed by atoms with E-state index >= 15 is 0 Å². The lowest BCUT2D eigenvalue weighted by Gasteiger charge is -2.41. The van der Waals surface area contributed by atoms with Gasteiger partial charge in [0.05, 0.1) is 12.5 Å². The summed E-state index contributed by atoms with van der Waals surface area (Å²) in [7, 11) is 0. The Morgan fingerprint density at radius 1 is 1.50 bits per heavy atom. The van der Waals surface area contributed by atoms with Gasteiger partial charge in [0.2, 0.25) is 5.91 Å². The predicted octanol–water partition coefficient (Wildman–Crippen LogP) is 0.308. The van der Waals surface area contributed by atoms with Crippen LogP contribution >= 0.6 is 0 Å². The van der Waals surface area contributed by atoms with Crippen molar-refractivity contribution in [3.63, 3.8) is 0 Å². The van der Waals surface area contributed by atoms with Crippen molar-refractivity contribution in [3.05, 3.63) is 0 Å². The van der Waals surface area contributed by atoms with E-state index in [9.17, 15) is 9.59 Å². The standard InChI is InChI=1S/C11H20N2O3/c1-3-4-12-11(16)8(2)13-6-9(7-13)5-10(14)15/h8-9H,3-7H2,1-2H3,(H,12,16)(H,14,15). The van der Waals surface area contributed by atoms with Crippen molar-refractivity contribution in [2.75, 3.05) is 19.6 Å². The molecule has 1 aliphatic rings. The number of nitrogens with zero attached hydrogens (tertiary/aromatic N) is 1. The molecule has 1 heterocycles. The number of carbonyl (C=O) groups is 2. The number of hydrogen-bond acceptors (Lipinski definition) is 3. The molecule has 0 aromatic rings. The summed E-state index contributed by atoms with van der Waals surface area (Å²) < 4.78 is 0. The number of aliphatic carboxylic acids is 1. The molecule has 0 radical (unpaired) electrons. The van der Waals surface area contributed by atoms with E-state index in [0.29, 0.717) is 19.6 Å². The largest absolute Gasteiger partial charge is 0.481 e. The first kappa shape index (κ1) is 13.0. The van der Waals surface area contributed by atoms with Gasteiger partial charge in [0, 0.05) is 19.6 Å². The second-order valence-corrected chi connectivity index (χ2v) is 4.38. The number of carboxylic acids is 1. The Labute approximate surface area is 95.8 Å². The van der Waals surface area contributed by atoms with Gasteiger partial charge in [0.1, 0.15) is 0 Å². The van der Waals surface area contributed by atoms with Crippen molar-refractivity contribution in [2.45, 2.75) is 32.7 Å². The minimum atomic E-state index is -0.757. The molecule has 1 saturated heterocycles. The van der Waals surface area contributed by atoms with E-state index in [1.165, 1.54) is 0 Å². The summed E-state index contributed by atoms with van der Waals surface area (Å²) in [5, 5.41) is 11.4. The molecule has 1 atom stereocenters. The van der Waals surface area contributed by atoms with Crippen LogP contribution in [0.3, 0.4) is 0 Å². The van der Waals surface area contributed by atoms with Crippen molar-refractivity contribution < 1.29 is 14.7 Å². The number of nitrogens with one attached hydrogen (secondary N) is 1. The second-order valence-electron chi connectivity index (χ2n) is 4.38. The van der Waals surface area contributed by atoms with Crippen molar-refractivity contribution in [2.24, 2.45) is 5.92 Å². The summed E-state index contributed by atoms with van der Waals surface area (Å²) in [6, 6.07) is -0.142. The Kier molecular flexibility index (Phi) is 4.73. The molecule has 0 aromatic carbocycles. The van der Waals surface area contributed by atoms with Crippen LogP contribution in [0.25, 0.3) is 0 Å². The van der Waals surface area contributed by atoms with Crippen molar-refractivity contribution in [3.8, 4) is 0 Å². The summed E-state index contributed by atoms with van der Waals surface area (Å²) in [5.74, 6) is -0.512. The number of likely N-dealkylation sites (tertiary alicyclic amines) is 1. The molecular formula is C11H20N2O3. The minimum absolute atomic E-state index is 0.0376. The number of carboxylic acid groups (broad SMARTS) is 1. The highest BCUT2D eigenvalue weighted by atomic mass is 16.4. The summed E-state index contributed by atoms with van der Waals surface area (Å²) >= 11 is 0. The molecule has 0 saturated carbocycles. The van der Waals surface area contributed by atoms with Gasteiger partial charge in [-0.05, 0) is 19.3 Å². The van der Waals surface area contributed by atoms with Gasteiger partial charge in [-0.1, -0.05) is 6.92 Å². The molecule has 92 valence electrons. The lowest BCUT2D eigenvalue weighted by molar-refractivity contribution is -0.140. The molecule has 1 aliphatic heterocycles. The Bertz CT molecular complexity index is 262. The average Bonchev–Trinajstić information content (AvgIpc) is 2.18. The zero-order valence-corrected chi connectivity index (χ0v) is 9.90. The first-order chi connectivity index (χ1) is 7.54. The maximum absolute atomic E-state index is 11.6. The average molecular weight is 228 g/mol. The summed E-state index contributed by atoms with van der Waals surface area (Å²) in [4.78, 5) is 24.1. The lowest BCUT2D eigenvalue weighted by Crippen LogP contribution is -2.56. The minimum Gasteiger partial charge on any atom is -0.481 e. The normalized spacial score (nSPS) is 18.9.